The van der Waals surface area contributed by atoms with E-state index in [1.54, 1.807) is 12.3 Å². The first-order valence-electron chi connectivity index (χ1n) is 9.10. The van der Waals surface area contributed by atoms with Crippen molar-refractivity contribution >= 4 is 5.91 Å². The summed E-state index contributed by atoms with van der Waals surface area (Å²) >= 11 is 0. The lowest BCUT2D eigenvalue weighted by Crippen LogP contribution is -2.44. The molecule has 2 heterocycles. The van der Waals surface area contributed by atoms with Gasteiger partial charge in [-0.1, -0.05) is 24.3 Å². The van der Waals surface area contributed by atoms with Crippen molar-refractivity contribution < 1.29 is 9.53 Å². The average molecular weight is 375 g/mol. The Labute approximate surface area is 164 Å². The van der Waals surface area contributed by atoms with Gasteiger partial charge in [-0.2, -0.15) is 10.5 Å². The summed E-state index contributed by atoms with van der Waals surface area (Å²) in [6, 6.07) is 15.5. The molecule has 0 radical (unpaired) electrons. The molecule has 7 nitrogen and oxygen atoms in total. The summed E-state index contributed by atoms with van der Waals surface area (Å²) in [6.45, 7) is 1.50. The third kappa shape index (κ3) is 4.72. The van der Waals surface area contributed by atoms with Crippen LogP contribution in [0.4, 0.5) is 0 Å². The zero-order chi connectivity index (χ0) is 19.9. The van der Waals surface area contributed by atoms with Crippen molar-refractivity contribution in [2.75, 3.05) is 19.7 Å². The molecule has 2 atom stereocenters. The lowest BCUT2D eigenvalue weighted by Gasteiger charge is -2.27. The number of rotatable bonds is 5. The van der Waals surface area contributed by atoms with E-state index in [9.17, 15) is 10.1 Å². The van der Waals surface area contributed by atoms with Crippen molar-refractivity contribution in [3.63, 3.8) is 0 Å². The van der Waals surface area contributed by atoms with Crippen LogP contribution in [0.1, 0.15) is 17.7 Å². The molecule has 0 spiro atoms. The second kappa shape index (κ2) is 9.09. The van der Waals surface area contributed by atoms with Crippen LogP contribution in [0.3, 0.4) is 0 Å². The minimum Gasteiger partial charge on any atom is -0.367 e. The topological polar surface area (TPSA) is 116 Å². The monoisotopic (exact) mass is 375 g/mol. The second-order valence-electron chi connectivity index (χ2n) is 6.70. The van der Waals surface area contributed by atoms with Gasteiger partial charge in [0.15, 0.2) is 0 Å². The molecular weight excluding hydrogens is 354 g/mol. The maximum absolute atomic E-state index is 11.5. The predicted octanol–water partition coefficient (Wildman–Crippen LogP) is 1.63. The number of amides is 1. The lowest BCUT2D eigenvalue weighted by molar-refractivity contribution is -0.129. The van der Waals surface area contributed by atoms with E-state index in [2.05, 4.69) is 11.1 Å². The molecule has 28 heavy (non-hydrogen) atoms. The van der Waals surface area contributed by atoms with Crippen molar-refractivity contribution in [1.29, 1.82) is 10.5 Å². The second-order valence-corrected chi connectivity index (χ2v) is 6.70. The molecule has 3 rings (SSSR count). The fourth-order valence-corrected chi connectivity index (χ4v) is 3.25. The van der Waals surface area contributed by atoms with Gasteiger partial charge in [0.1, 0.15) is 23.9 Å². The van der Waals surface area contributed by atoms with Crippen molar-refractivity contribution in [1.82, 2.24) is 9.88 Å². The molecule has 1 aliphatic rings. The number of nitrogens with zero attached hydrogens (tertiary/aromatic N) is 4. The standard InChI is InChI=1S/C21H21N5O2/c22-11-18-7-6-17(13-25-18)16-4-2-15(3-5-16)10-19(12-23)26-8-1-9-28-20(14-26)21(24)27/h2-7,13,19-20H,1,8-10,14H2,(H2,24,27)/t19-,20-/m0/s1. The molecule has 2 aromatic rings. The number of nitriles is 2. The van der Waals surface area contributed by atoms with Crippen LogP contribution in [0.15, 0.2) is 42.6 Å². The van der Waals surface area contributed by atoms with Crippen molar-refractivity contribution in [3.8, 4) is 23.3 Å². The molecule has 142 valence electrons. The smallest absolute Gasteiger partial charge is 0.247 e. The fraction of sp³-hybridized carbons (Fsp3) is 0.333. The van der Waals surface area contributed by atoms with Gasteiger partial charge in [0, 0.05) is 37.9 Å². The van der Waals surface area contributed by atoms with Crippen LogP contribution in [0.25, 0.3) is 11.1 Å². The predicted molar refractivity (Wildman–Crippen MR) is 103 cm³/mol. The number of aromatic nitrogens is 1. The summed E-state index contributed by atoms with van der Waals surface area (Å²) in [5.74, 6) is -0.496. The van der Waals surface area contributed by atoms with Crippen LogP contribution >= 0.6 is 0 Å². The maximum atomic E-state index is 11.5. The van der Waals surface area contributed by atoms with Crippen LogP contribution in [0, 0.1) is 22.7 Å². The van der Waals surface area contributed by atoms with Gasteiger partial charge in [-0.25, -0.2) is 4.98 Å². The van der Waals surface area contributed by atoms with Gasteiger partial charge in [-0.15, -0.1) is 0 Å². The summed E-state index contributed by atoms with van der Waals surface area (Å²) in [5, 5.41) is 18.5. The van der Waals surface area contributed by atoms with Crippen molar-refractivity contribution in [3.05, 3.63) is 53.9 Å². The highest BCUT2D eigenvalue weighted by Gasteiger charge is 2.27. The Morgan fingerprint density at radius 2 is 2.00 bits per heavy atom. The lowest BCUT2D eigenvalue weighted by atomic mass is 10.0. The van der Waals surface area contributed by atoms with E-state index in [1.807, 2.05) is 41.3 Å². The highest BCUT2D eigenvalue weighted by Crippen LogP contribution is 2.21. The van der Waals surface area contributed by atoms with E-state index in [4.69, 9.17) is 15.7 Å². The Bertz CT molecular complexity index is 896. The number of nitrogens with two attached hydrogens (primary N) is 1. The highest BCUT2D eigenvalue weighted by atomic mass is 16.5. The summed E-state index contributed by atoms with van der Waals surface area (Å²) in [6.07, 6.45) is 2.30. The molecule has 2 N–H and O–H groups in total. The molecule has 1 amide bonds. The zero-order valence-electron chi connectivity index (χ0n) is 15.4. The van der Waals surface area contributed by atoms with Crippen LogP contribution < -0.4 is 5.73 Å². The number of primary amides is 1. The fourth-order valence-electron chi connectivity index (χ4n) is 3.25. The number of benzene rings is 1. The largest absolute Gasteiger partial charge is 0.367 e. The van der Waals surface area contributed by atoms with Gasteiger partial charge < -0.3 is 10.5 Å². The Hall–Kier alpha value is -3.26. The third-order valence-corrected chi connectivity index (χ3v) is 4.81. The van der Waals surface area contributed by atoms with Crippen LogP contribution in [0.5, 0.6) is 0 Å². The molecule has 7 heteroatoms. The first kappa shape index (κ1) is 19.5. The van der Waals surface area contributed by atoms with Crippen molar-refractivity contribution in [2.45, 2.75) is 25.0 Å². The molecule has 1 saturated heterocycles. The Morgan fingerprint density at radius 3 is 2.61 bits per heavy atom. The summed E-state index contributed by atoms with van der Waals surface area (Å²) in [4.78, 5) is 17.6. The molecular formula is C21H21N5O2. The minimum absolute atomic E-state index is 0.336. The molecule has 1 aromatic carbocycles. The number of carbonyl (C=O) groups excluding carboxylic acids is 1. The normalized spacial score (nSPS) is 18.4. The van der Waals surface area contributed by atoms with Gasteiger partial charge in [0.2, 0.25) is 5.91 Å². The SMILES string of the molecule is N#Cc1ccc(-c2ccc(C[C@@H](C#N)N3CCCO[C@H](C(N)=O)C3)cc2)cn1. The molecule has 1 aliphatic heterocycles. The van der Waals surface area contributed by atoms with Gasteiger partial charge in [-0.05, 0) is 29.7 Å². The van der Waals surface area contributed by atoms with Crippen LogP contribution in [0.2, 0.25) is 0 Å². The number of pyridine rings is 1. The first-order valence-corrected chi connectivity index (χ1v) is 9.10. The average Bonchev–Trinajstić information content (AvgIpc) is 2.99. The zero-order valence-corrected chi connectivity index (χ0v) is 15.4. The number of ether oxygens (including phenoxy) is 1. The van der Waals surface area contributed by atoms with Gasteiger partial charge in [0.05, 0.1) is 6.07 Å². The minimum atomic E-state index is -0.676. The molecule has 1 fully saturated rings. The molecule has 0 bridgehead atoms. The molecule has 0 unspecified atom stereocenters. The Balaban J connectivity index is 1.70. The summed E-state index contributed by atoms with van der Waals surface area (Å²) in [5.41, 5.74) is 8.71. The number of hydrogen-bond acceptors (Lipinski definition) is 6. The number of carbonyl (C=O) groups is 1. The molecule has 1 aromatic heterocycles. The van der Waals surface area contributed by atoms with Gasteiger partial charge >= 0.3 is 0 Å². The highest BCUT2D eigenvalue weighted by molar-refractivity contribution is 5.79. The Kier molecular flexibility index (Phi) is 6.33. The summed E-state index contributed by atoms with van der Waals surface area (Å²) < 4.78 is 5.47. The van der Waals surface area contributed by atoms with Crippen LogP contribution in [-0.2, 0) is 16.0 Å². The third-order valence-electron chi connectivity index (χ3n) is 4.81. The van der Waals surface area contributed by atoms with E-state index in [1.165, 1.54) is 0 Å². The quantitative estimate of drug-likeness (QED) is 0.849. The van der Waals surface area contributed by atoms with E-state index < -0.39 is 12.0 Å². The van der Waals surface area contributed by atoms with E-state index >= 15 is 0 Å². The molecule has 0 aliphatic carbocycles. The number of hydrogen-bond donors (Lipinski definition) is 1. The maximum Gasteiger partial charge on any atom is 0.247 e. The van der Waals surface area contributed by atoms with E-state index in [-0.39, 0.29) is 6.04 Å². The van der Waals surface area contributed by atoms with E-state index in [0.717, 1.165) is 23.1 Å². The van der Waals surface area contributed by atoms with Crippen molar-refractivity contribution in [2.24, 2.45) is 5.73 Å². The first-order chi connectivity index (χ1) is 13.6. The van der Waals surface area contributed by atoms with Gasteiger partial charge in [0.25, 0.3) is 0 Å². The van der Waals surface area contributed by atoms with Crippen LogP contribution in [-0.4, -0.2) is 47.6 Å². The summed E-state index contributed by atoms with van der Waals surface area (Å²) in [7, 11) is 0. The van der Waals surface area contributed by atoms with Gasteiger partial charge in [-0.3, -0.25) is 9.69 Å². The molecule has 0 saturated carbocycles. The van der Waals surface area contributed by atoms with E-state index in [0.29, 0.717) is 31.8 Å². The Morgan fingerprint density at radius 1 is 1.25 bits per heavy atom.